The van der Waals surface area contributed by atoms with Crippen LogP contribution in [0.3, 0.4) is 0 Å². The van der Waals surface area contributed by atoms with E-state index in [0.29, 0.717) is 0 Å². The Morgan fingerprint density at radius 3 is 0.824 bits per heavy atom. The summed E-state index contributed by atoms with van der Waals surface area (Å²) in [6.07, 6.45) is 11.3. The van der Waals surface area contributed by atoms with Gasteiger partial charge in [0, 0.05) is 50.4 Å². The maximum absolute atomic E-state index is 2.51. The second-order valence-electron chi connectivity index (χ2n) is 25.8. The third kappa shape index (κ3) is 8.75. The molecule has 1 spiro atoms. The molecule has 0 N–H and O–H groups in total. The Labute approximate surface area is 502 Å². The van der Waals surface area contributed by atoms with Crippen molar-refractivity contribution in [1.29, 1.82) is 0 Å². The first-order chi connectivity index (χ1) is 41.2. The summed E-state index contributed by atoms with van der Waals surface area (Å²) < 4.78 is 0. The highest BCUT2D eigenvalue weighted by Gasteiger charge is 2.47. The van der Waals surface area contributed by atoms with Crippen molar-refractivity contribution >= 4 is 58.4 Å². The van der Waals surface area contributed by atoms with Gasteiger partial charge in [-0.3, -0.25) is 0 Å². The lowest BCUT2D eigenvalue weighted by Gasteiger charge is -2.28. The first-order valence-corrected chi connectivity index (χ1v) is 30.4. The Hall–Kier alpha value is -9.50. The minimum absolute atomic E-state index is 0.143. The third-order valence-electron chi connectivity index (χ3n) is 19.5. The number of hydrogen-bond donors (Lipinski definition) is 0. The van der Waals surface area contributed by atoms with Crippen LogP contribution in [0, 0.1) is 27.7 Å². The van der Waals surface area contributed by atoms with Crippen LogP contribution in [-0.4, -0.2) is 0 Å². The average Bonchev–Trinajstić information content (AvgIpc) is 1.61. The molecule has 0 heterocycles. The molecule has 4 aliphatic carbocycles. The van der Waals surface area contributed by atoms with E-state index in [1.807, 2.05) is 0 Å². The van der Waals surface area contributed by atoms with Crippen molar-refractivity contribution in [2.45, 2.75) is 84.5 Å². The van der Waals surface area contributed by atoms with Crippen LogP contribution >= 0.6 is 0 Å². The van der Waals surface area contributed by atoms with Gasteiger partial charge in [0.05, 0.1) is 0 Å². The van der Waals surface area contributed by atoms with Crippen molar-refractivity contribution in [3.8, 4) is 33.4 Å². The van der Waals surface area contributed by atoms with Crippen LogP contribution in [0.25, 0.3) is 57.7 Å². The third-order valence-corrected chi connectivity index (χ3v) is 19.5. The maximum atomic E-state index is 2.51. The van der Waals surface area contributed by atoms with Crippen molar-refractivity contribution in [1.82, 2.24) is 0 Å². The molecule has 0 radical (unpaired) electrons. The van der Waals surface area contributed by atoms with Gasteiger partial charge in [-0.25, -0.2) is 0 Å². The molecule has 2 nitrogen and oxygen atoms in total. The molecule has 15 rings (SSSR count). The number of benzene rings is 11. The van der Waals surface area contributed by atoms with Gasteiger partial charge in [-0.05, 0) is 213 Å². The van der Waals surface area contributed by atoms with Gasteiger partial charge < -0.3 is 9.80 Å². The highest BCUT2D eigenvalue weighted by Crippen LogP contribution is 2.57. The molecule has 0 unspecified atom stereocenters. The van der Waals surface area contributed by atoms with E-state index in [4.69, 9.17) is 0 Å². The minimum Gasteiger partial charge on any atom is -0.310 e. The van der Waals surface area contributed by atoms with E-state index >= 15 is 0 Å². The van der Waals surface area contributed by atoms with Gasteiger partial charge in [-0.2, -0.15) is 0 Å². The molecule has 11 aromatic carbocycles. The maximum Gasteiger partial charge on any atom is 0.0465 e. The van der Waals surface area contributed by atoms with Gasteiger partial charge >= 0.3 is 0 Å². The minimum atomic E-state index is -0.182. The molecule has 0 aliphatic heterocycles. The van der Waals surface area contributed by atoms with E-state index < -0.39 is 0 Å². The summed E-state index contributed by atoms with van der Waals surface area (Å²) in [7, 11) is 0. The molecular formula is C83H70N2. The number of hydrogen-bond acceptors (Lipinski definition) is 2. The highest BCUT2D eigenvalue weighted by atomic mass is 15.1. The molecule has 0 saturated carbocycles. The topological polar surface area (TPSA) is 6.48 Å². The molecule has 0 aromatic heterocycles. The average molecular weight is 1100 g/mol. The predicted octanol–water partition coefficient (Wildman–Crippen LogP) is 21.9. The fraction of sp³-hybridized carbons (Fsp3) is 0.157. The van der Waals surface area contributed by atoms with Crippen LogP contribution in [-0.2, 0) is 29.1 Å². The number of fused-ring (bicyclic) bond motifs is 12. The predicted molar refractivity (Wildman–Crippen MR) is 361 cm³/mol. The van der Waals surface area contributed by atoms with Crippen LogP contribution in [0.15, 0.2) is 231 Å². The summed E-state index contributed by atoms with van der Waals surface area (Å²) in [5.41, 5.74) is 35.7. The van der Waals surface area contributed by atoms with Crippen LogP contribution in [0.5, 0.6) is 0 Å². The number of aryl methyl sites for hydroxylation is 4. The van der Waals surface area contributed by atoms with E-state index in [9.17, 15) is 0 Å². The first kappa shape index (κ1) is 52.3. The summed E-state index contributed by atoms with van der Waals surface area (Å²) in [6, 6.07) is 87.5. The van der Waals surface area contributed by atoms with Gasteiger partial charge in [0.1, 0.15) is 0 Å². The number of nitrogens with zero attached hydrogens (tertiary/aromatic N) is 2. The Balaban J connectivity index is 0.709. The summed E-state index contributed by atoms with van der Waals surface area (Å²) in [5.74, 6) is 0. The van der Waals surface area contributed by atoms with Gasteiger partial charge in [0.25, 0.3) is 0 Å². The molecule has 11 aromatic rings. The summed E-state index contributed by atoms with van der Waals surface area (Å²) in [6.45, 7) is 18.2. The summed E-state index contributed by atoms with van der Waals surface area (Å²) in [4.78, 5) is 4.79. The van der Waals surface area contributed by atoms with Gasteiger partial charge in [-0.15, -0.1) is 0 Å². The van der Waals surface area contributed by atoms with E-state index in [2.05, 4.69) is 320 Å². The smallest absolute Gasteiger partial charge is 0.0465 e. The largest absolute Gasteiger partial charge is 0.310 e. The molecule has 412 valence electrons. The molecule has 0 atom stereocenters. The molecule has 85 heavy (non-hydrogen) atoms. The number of rotatable bonds is 10. The Morgan fingerprint density at radius 1 is 0.271 bits per heavy atom. The zero-order chi connectivity index (χ0) is 57.9. The molecule has 0 saturated heterocycles. The zero-order valence-corrected chi connectivity index (χ0v) is 50.1. The summed E-state index contributed by atoms with van der Waals surface area (Å²) in [5, 5.41) is 0. The van der Waals surface area contributed by atoms with E-state index in [0.717, 1.165) is 35.6 Å². The molecular weight excluding hydrogens is 1020 g/mol. The highest BCUT2D eigenvalue weighted by molar-refractivity contribution is 5.91. The lowest BCUT2D eigenvalue weighted by molar-refractivity contribution is 0.563. The Bertz CT molecular complexity index is 4160. The fourth-order valence-corrected chi connectivity index (χ4v) is 14.8. The zero-order valence-electron chi connectivity index (χ0n) is 50.1. The molecule has 0 amide bonds. The second-order valence-corrected chi connectivity index (χ2v) is 25.8. The van der Waals surface area contributed by atoms with E-state index in [1.54, 1.807) is 0 Å². The molecule has 2 heteroatoms. The Kier molecular flexibility index (Phi) is 12.2. The van der Waals surface area contributed by atoms with Gasteiger partial charge in [-0.1, -0.05) is 232 Å². The van der Waals surface area contributed by atoms with E-state index in [1.165, 1.54) is 134 Å². The van der Waals surface area contributed by atoms with Gasteiger partial charge in [0.15, 0.2) is 0 Å². The molecule has 4 aliphatic rings. The number of anilines is 6. The standard InChI is InChI=1S/C83H70N2/c1-53-13-29-63(30-14-53)84(64-31-15-54(2)16-32-64)67-37-43-71-69-39-25-57(45-75(69)81(5,6)77(71)49-67)21-23-59-27-41-73-74-42-28-60(48-80(74)83(79(73)47-59)51-61-11-9-10-12-62(61)52-83)24-22-58-26-40-70-72-44-38-68(50-78(72)82(7,8)76(70)46-58)85(65-33-17-55(3)18-34-65)66-35-19-56(4)20-36-66/h9-50H,51-52H2,1-8H3. The lowest BCUT2D eigenvalue weighted by Crippen LogP contribution is -2.26. The van der Waals surface area contributed by atoms with Crippen molar-refractivity contribution in [3.05, 3.63) is 320 Å². The van der Waals surface area contributed by atoms with Crippen molar-refractivity contribution in [2.75, 3.05) is 9.80 Å². The quantitative estimate of drug-likeness (QED) is 0.126. The monoisotopic (exact) mass is 1090 g/mol. The van der Waals surface area contributed by atoms with Crippen molar-refractivity contribution in [3.63, 3.8) is 0 Å². The van der Waals surface area contributed by atoms with Crippen LogP contribution in [0.1, 0.15) is 117 Å². The summed E-state index contributed by atoms with van der Waals surface area (Å²) >= 11 is 0. The fourth-order valence-electron chi connectivity index (χ4n) is 14.8. The van der Waals surface area contributed by atoms with Crippen molar-refractivity contribution < 1.29 is 0 Å². The van der Waals surface area contributed by atoms with Crippen LogP contribution in [0.4, 0.5) is 34.1 Å². The van der Waals surface area contributed by atoms with Crippen LogP contribution < -0.4 is 9.80 Å². The van der Waals surface area contributed by atoms with Gasteiger partial charge in [0.2, 0.25) is 0 Å². The molecule has 0 bridgehead atoms. The SMILES string of the molecule is Cc1ccc(N(c2ccc(C)cc2)c2ccc3c(c2)C(C)(C)c2cc(C=Cc4ccc5c(c4)C4(Cc6ccccc6C4)c4cc(C=Cc6ccc7c(c6)C(C)(C)c6cc(N(c8ccc(C)cc8)c8ccc(C)cc8)ccc6-7)ccc4-5)ccc2-3)cc1. The van der Waals surface area contributed by atoms with Crippen LogP contribution in [0.2, 0.25) is 0 Å². The second kappa shape index (κ2) is 19.8. The first-order valence-electron chi connectivity index (χ1n) is 30.4. The lowest BCUT2D eigenvalue weighted by atomic mass is 9.75. The van der Waals surface area contributed by atoms with Crippen molar-refractivity contribution in [2.24, 2.45) is 0 Å². The molecule has 0 fully saturated rings. The normalized spacial score (nSPS) is 14.9. The van der Waals surface area contributed by atoms with E-state index in [-0.39, 0.29) is 16.2 Å². The Morgan fingerprint density at radius 2 is 0.518 bits per heavy atom.